The first-order chi connectivity index (χ1) is 18.9. The minimum Gasteiger partial charge on any atom is -0.368 e. The van der Waals surface area contributed by atoms with Gasteiger partial charge >= 0.3 is 0 Å². The molecule has 8 nitrogen and oxygen atoms in total. The van der Waals surface area contributed by atoms with Crippen LogP contribution in [0.15, 0.2) is 65.6 Å². The number of hydrogen-bond acceptors (Lipinski definition) is 7. The third-order valence-corrected chi connectivity index (χ3v) is 7.53. The molecule has 1 saturated carbocycles. The van der Waals surface area contributed by atoms with E-state index in [9.17, 15) is 4.79 Å². The number of fused-ring (bicyclic) bond motifs is 1. The van der Waals surface area contributed by atoms with E-state index in [1.807, 2.05) is 49.5 Å². The maximum Gasteiger partial charge on any atom is 0.253 e. The monoisotopic (exact) mass is 526 g/mol. The first-order valence-electron chi connectivity index (χ1n) is 13.6. The van der Waals surface area contributed by atoms with Gasteiger partial charge in [0.15, 0.2) is 11.9 Å². The SMILES string of the molecule is Cc1cc(-c2ccc3nc(N)nc(C(COC4CCCCO4)(OC4CC4)c4ccccc4)c3c2)cn(C)c1=O. The predicted octanol–water partition coefficient (Wildman–Crippen LogP) is 4.85. The fourth-order valence-electron chi connectivity index (χ4n) is 5.35. The van der Waals surface area contributed by atoms with E-state index >= 15 is 0 Å². The highest BCUT2D eigenvalue weighted by Crippen LogP contribution is 2.43. The predicted molar refractivity (Wildman–Crippen MR) is 150 cm³/mol. The first kappa shape index (κ1) is 25.7. The molecule has 2 atom stereocenters. The first-order valence-corrected chi connectivity index (χ1v) is 13.6. The van der Waals surface area contributed by atoms with Crippen LogP contribution in [0.4, 0.5) is 5.95 Å². The van der Waals surface area contributed by atoms with Crippen LogP contribution >= 0.6 is 0 Å². The van der Waals surface area contributed by atoms with Gasteiger partial charge in [0.05, 0.1) is 23.9 Å². The van der Waals surface area contributed by atoms with Crippen molar-refractivity contribution >= 4 is 16.9 Å². The number of ether oxygens (including phenoxy) is 3. The zero-order chi connectivity index (χ0) is 27.0. The van der Waals surface area contributed by atoms with Gasteiger partial charge in [0, 0.05) is 30.8 Å². The number of rotatable bonds is 8. The summed E-state index contributed by atoms with van der Waals surface area (Å²) in [7, 11) is 1.77. The fraction of sp³-hybridized carbons (Fsp3) is 0.387. The maximum atomic E-state index is 12.3. The molecular formula is C31H34N4O4. The van der Waals surface area contributed by atoms with Crippen molar-refractivity contribution in [1.82, 2.24) is 14.5 Å². The molecule has 4 aromatic rings. The highest BCUT2D eigenvalue weighted by molar-refractivity contribution is 5.88. The summed E-state index contributed by atoms with van der Waals surface area (Å²) in [6.45, 7) is 2.75. The second-order valence-corrected chi connectivity index (χ2v) is 10.6. The molecule has 202 valence electrons. The highest BCUT2D eigenvalue weighted by Gasteiger charge is 2.45. The second kappa shape index (κ2) is 10.5. The third kappa shape index (κ3) is 5.20. The van der Waals surface area contributed by atoms with Gasteiger partial charge in [0.25, 0.3) is 5.56 Å². The number of benzene rings is 2. The minimum absolute atomic E-state index is 0.0145. The average molecular weight is 527 g/mol. The Hall–Kier alpha value is -3.59. The van der Waals surface area contributed by atoms with Gasteiger partial charge in [-0.05, 0) is 73.9 Å². The van der Waals surface area contributed by atoms with E-state index < -0.39 is 5.60 Å². The molecule has 2 aromatic carbocycles. The van der Waals surface area contributed by atoms with Gasteiger partial charge in [0.2, 0.25) is 5.95 Å². The zero-order valence-electron chi connectivity index (χ0n) is 22.4. The van der Waals surface area contributed by atoms with Gasteiger partial charge in [-0.3, -0.25) is 4.79 Å². The number of aromatic nitrogens is 3. The lowest BCUT2D eigenvalue weighted by Crippen LogP contribution is -2.41. The molecule has 2 fully saturated rings. The van der Waals surface area contributed by atoms with Gasteiger partial charge in [-0.15, -0.1) is 0 Å². The topological polar surface area (TPSA) is 101 Å². The van der Waals surface area contributed by atoms with E-state index in [1.165, 1.54) is 0 Å². The maximum absolute atomic E-state index is 12.3. The Labute approximate surface area is 227 Å². The Morgan fingerprint density at radius 3 is 2.59 bits per heavy atom. The van der Waals surface area contributed by atoms with Crippen molar-refractivity contribution in [2.24, 2.45) is 7.05 Å². The molecule has 8 heteroatoms. The Kier molecular flexibility index (Phi) is 6.93. The summed E-state index contributed by atoms with van der Waals surface area (Å²) in [6.07, 6.45) is 6.58. The van der Waals surface area contributed by atoms with Crippen LogP contribution in [-0.2, 0) is 26.9 Å². The van der Waals surface area contributed by atoms with E-state index in [-0.39, 0.29) is 30.5 Å². The van der Waals surface area contributed by atoms with Crippen molar-refractivity contribution in [3.63, 3.8) is 0 Å². The Morgan fingerprint density at radius 2 is 1.87 bits per heavy atom. The van der Waals surface area contributed by atoms with Crippen LogP contribution in [0.5, 0.6) is 0 Å². The van der Waals surface area contributed by atoms with Gasteiger partial charge in [-0.2, -0.15) is 0 Å². The molecule has 1 aliphatic carbocycles. The van der Waals surface area contributed by atoms with Crippen LogP contribution in [0, 0.1) is 6.92 Å². The van der Waals surface area contributed by atoms with Crippen molar-refractivity contribution in [3.8, 4) is 11.1 Å². The lowest BCUT2D eigenvalue weighted by atomic mass is 9.87. The molecular weight excluding hydrogens is 492 g/mol. The third-order valence-electron chi connectivity index (χ3n) is 7.53. The average Bonchev–Trinajstić information content (AvgIpc) is 3.78. The molecule has 0 radical (unpaired) electrons. The van der Waals surface area contributed by atoms with Crippen molar-refractivity contribution in [1.29, 1.82) is 0 Å². The summed E-state index contributed by atoms with van der Waals surface area (Å²) < 4.78 is 20.9. The second-order valence-electron chi connectivity index (χ2n) is 10.6. The van der Waals surface area contributed by atoms with E-state index in [4.69, 9.17) is 24.9 Å². The van der Waals surface area contributed by atoms with E-state index in [0.717, 1.165) is 59.7 Å². The summed E-state index contributed by atoms with van der Waals surface area (Å²) >= 11 is 0. The highest BCUT2D eigenvalue weighted by atomic mass is 16.7. The van der Waals surface area contributed by atoms with Crippen molar-refractivity contribution in [3.05, 3.63) is 88.0 Å². The summed E-state index contributed by atoms with van der Waals surface area (Å²) in [6, 6.07) is 18.0. The van der Waals surface area contributed by atoms with Crippen LogP contribution in [0.1, 0.15) is 48.9 Å². The van der Waals surface area contributed by atoms with Crippen LogP contribution in [-0.4, -0.2) is 40.1 Å². The summed E-state index contributed by atoms with van der Waals surface area (Å²) in [5.74, 6) is 0.178. The van der Waals surface area contributed by atoms with Gasteiger partial charge in [-0.25, -0.2) is 9.97 Å². The number of aryl methyl sites for hydroxylation is 2. The molecule has 2 aromatic heterocycles. The van der Waals surface area contributed by atoms with Crippen molar-refractivity contribution in [2.75, 3.05) is 18.9 Å². The zero-order valence-corrected chi connectivity index (χ0v) is 22.4. The molecule has 2 N–H and O–H groups in total. The van der Waals surface area contributed by atoms with E-state index in [0.29, 0.717) is 17.9 Å². The van der Waals surface area contributed by atoms with Crippen molar-refractivity contribution in [2.45, 2.75) is 57.0 Å². The molecule has 0 amide bonds. The number of anilines is 1. The number of nitrogen functional groups attached to an aromatic ring is 1. The molecule has 1 aliphatic heterocycles. The molecule has 0 spiro atoms. The number of pyridine rings is 1. The molecule has 0 bridgehead atoms. The largest absolute Gasteiger partial charge is 0.368 e. The molecule has 6 rings (SSSR count). The Balaban J connectivity index is 1.54. The van der Waals surface area contributed by atoms with E-state index in [1.54, 1.807) is 11.6 Å². The van der Waals surface area contributed by atoms with Crippen molar-refractivity contribution < 1.29 is 14.2 Å². The molecule has 2 unspecified atom stereocenters. The van der Waals surface area contributed by atoms with Gasteiger partial charge < -0.3 is 24.5 Å². The smallest absolute Gasteiger partial charge is 0.253 e. The number of nitrogens with zero attached hydrogens (tertiary/aromatic N) is 3. The summed E-state index contributed by atoms with van der Waals surface area (Å²) in [5, 5.41) is 0.825. The van der Waals surface area contributed by atoms with Crippen LogP contribution in [0.3, 0.4) is 0 Å². The van der Waals surface area contributed by atoms with Crippen LogP contribution in [0.25, 0.3) is 22.0 Å². The Morgan fingerprint density at radius 1 is 1.05 bits per heavy atom. The quantitative estimate of drug-likeness (QED) is 0.350. The Bertz CT molecular complexity index is 1520. The van der Waals surface area contributed by atoms with E-state index in [2.05, 4.69) is 23.2 Å². The summed E-state index contributed by atoms with van der Waals surface area (Å²) in [4.78, 5) is 21.8. The fourth-order valence-corrected chi connectivity index (χ4v) is 5.35. The number of hydrogen-bond donors (Lipinski definition) is 1. The molecule has 39 heavy (non-hydrogen) atoms. The standard InChI is InChI=1S/C31H34N4O4/c1-20-16-22(18-35(2)29(20)36)21-11-14-26-25(17-21)28(34-30(32)33-26)31(39-24-12-13-24,23-8-4-3-5-9-23)19-38-27-10-6-7-15-37-27/h3-5,8-9,11,14,16-18,24,27H,6-7,10,12-13,15,19H2,1-2H3,(H2,32,33,34). The van der Waals surface area contributed by atoms with Gasteiger partial charge in [0.1, 0.15) is 0 Å². The lowest BCUT2D eigenvalue weighted by Gasteiger charge is -2.36. The van der Waals surface area contributed by atoms with Crippen LogP contribution in [0.2, 0.25) is 0 Å². The molecule has 3 heterocycles. The normalized spacial score (nSPS) is 19.2. The minimum atomic E-state index is -1.02. The van der Waals surface area contributed by atoms with Crippen LogP contribution < -0.4 is 11.3 Å². The lowest BCUT2D eigenvalue weighted by molar-refractivity contribution is -0.197. The van der Waals surface area contributed by atoms with Gasteiger partial charge in [-0.1, -0.05) is 36.4 Å². The molecule has 2 aliphatic rings. The number of nitrogens with two attached hydrogens (primary N) is 1. The summed E-state index contributed by atoms with van der Waals surface area (Å²) in [5.41, 5.74) is 10.2. The molecule has 1 saturated heterocycles.